The maximum absolute atomic E-state index is 10.3. The highest BCUT2D eigenvalue weighted by atomic mass is 16.3. The second-order valence-corrected chi connectivity index (χ2v) is 6.24. The first-order valence-corrected chi connectivity index (χ1v) is 8.56. The van der Waals surface area contributed by atoms with Crippen LogP contribution in [0.3, 0.4) is 0 Å². The largest absolute Gasteiger partial charge is 0.387 e. The minimum absolute atomic E-state index is 0.385. The van der Waals surface area contributed by atoms with Crippen LogP contribution in [0.1, 0.15) is 11.7 Å². The first-order valence-electron chi connectivity index (χ1n) is 8.56. The van der Waals surface area contributed by atoms with Crippen molar-refractivity contribution in [2.75, 3.05) is 11.9 Å². The van der Waals surface area contributed by atoms with Crippen molar-refractivity contribution in [1.82, 2.24) is 14.5 Å². The number of aliphatic hydroxyl groups is 1. The lowest BCUT2D eigenvalue weighted by Crippen LogP contribution is -2.13. The normalized spacial score (nSPS) is 12.2. The van der Waals surface area contributed by atoms with Crippen LogP contribution in [0.25, 0.3) is 22.3 Å². The molecule has 0 aliphatic heterocycles. The van der Waals surface area contributed by atoms with E-state index in [1.54, 1.807) is 6.33 Å². The average molecular weight is 344 g/mol. The molecule has 0 bridgehead atoms. The maximum Gasteiger partial charge on any atom is 0.130 e. The van der Waals surface area contributed by atoms with Gasteiger partial charge in [-0.25, -0.2) is 9.97 Å². The molecule has 0 unspecified atom stereocenters. The van der Waals surface area contributed by atoms with Crippen molar-refractivity contribution in [3.63, 3.8) is 0 Å². The highest BCUT2D eigenvalue weighted by Crippen LogP contribution is 2.26. The van der Waals surface area contributed by atoms with E-state index in [9.17, 15) is 5.11 Å². The number of aromatic nitrogens is 3. The molecule has 2 heterocycles. The summed E-state index contributed by atoms with van der Waals surface area (Å²) < 4.78 is 2.13. The van der Waals surface area contributed by atoms with Gasteiger partial charge in [-0.2, -0.15) is 0 Å². The molecule has 0 aliphatic rings. The SMILES string of the molecule is Cn1c(-c2cc(NC[C@H](O)c3ccccc3)ncn2)cc2ccccc21. The summed E-state index contributed by atoms with van der Waals surface area (Å²) in [6, 6.07) is 21.9. The van der Waals surface area contributed by atoms with Crippen LogP contribution in [0.5, 0.6) is 0 Å². The molecule has 26 heavy (non-hydrogen) atoms. The lowest BCUT2D eigenvalue weighted by Gasteiger charge is -2.13. The monoisotopic (exact) mass is 344 g/mol. The Hall–Kier alpha value is -3.18. The van der Waals surface area contributed by atoms with E-state index in [-0.39, 0.29) is 0 Å². The number of rotatable bonds is 5. The summed E-state index contributed by atoms with van der Waals surface area (Å²) in [6.07, 6.45) is 0.955. The number of nitrogens with one attached hydrogen (secondary N) is 1. The lowest BCUT2D eigenvalue weighted by molar-refractivity contribution is 0.191. The molecular weight excluding hydrogens is 324 g/mol. The zero-order valence-electron chi connectivity index (χ0n) is 14.5. The van der Waals surface area contributed by atoms with E-state index >= 15 is 0 Å². The predicted molar refractivity (Wildman–Crippen MR) is 104 cm³/mol. The van der Waals surface area contributed by atoms with E-state index < -0.39 is 6.10 Å². The van der Waals surface area contributed by atoms with Crippen LogP contribution in [0.2, 0.25) is 0 Å². The standard InChI is InChI=1S/C21H20N4O/c1-25-18-10-6-5-9-16(18)11-19(25)17-12-21(24-14-23-17)22-13-20(26)15-7-3-2-4-8-15/h2-12,14,20,26H,13H2,1H3,(H,22,23,24)/t20-/m0/s1. The van der Waals surface area contributed by atoms with Gasteiger partial charge >= 0.3 is 0 Å². The van der Waals surface area contributed by atoms with Crippen molar-refractivity contribution in [2.45, 2.75) is 6.10 Å². The highest BCUT2D eigenvalue weighted by Gasteiger charge is 2.11. The number of hydrogen-bond donors (Lipinski definition) is 2. The number of anilines is 1. The van der Waals surface area contributed by atoms with E-state index in [2.05, 4.69) is 38.1 Å². The van der Waals surface area contributed by atoms with E-state index in [4.69, 9.17) is 0 Å². The quantitative estimate of drug-likeness (QED) is 0.578. The molecule has 0 saturated carbocycles. The van der Waals surface area contributed by atoms with Gasteiger partial charge in [0.05, 0.1) is 17.5 Å². The molecule has 130 valence electrons. The lowest BCUT2D eigenvalue weighted by atomic mass is 10.1. The zero-order valence-corrected chi connectivity index (χ0v) is 14.5. The van der Waals surface area contributed by atoms with Crippen LogP contribution in [-0.4, -0.2) is 26.2 Å². The fraction of sp³-hybridized carbons (Fsp3) is 0.143. The van der Waals surface area contributed by atoms with Crippen molar-refractivity contribution >= 4 is 16.7 Å². The van der Waals surface area contributed by atoms with Crippen molar-refractivity contribution in [3.05, 3.63) is 78.6 Å². The Balaban J connectivity index is 1.56. The molecule has 0 saturated heterocycles. The van der Waals surface area contributed by atoms with Crippen molar-refractivity contribution in [3.8, 4) is 11.4 Å². The number of benzene rings is 2. The predicted octanol–water partition coefficient (Wildman–Crippen LogP) is 3.78. The molecule has 0 aliphatic carbocycles. The third kappa shape index (κ3) is 3.17. The molecule has 2 aromatic heterocycles. The number of hydrogen-bond acceptors (Lipinski definition) is 4. The maximum atomic E-state index is 10.3. The molecule has 0 amide bonds. The average Bonchev–Trinajstić information content (AvgIpc) is 3.04. The molecule has 0 spiro atoms. The number of fused-ring (bicyclic) bond motifs is 1. The molecule has 0 fully saturated rings. The Bertz CT molecular complexity index is 1030. The van der Waals surface area contributed by atoms with Crippen LogP contribution in [0, 0.1) is 0 Å². The van der Waals surface area contributed by atoms with Gasteiger partial charge in [-0.1, -0.05) is 48.5 Å². The minimum Gasteiger partial charge on any atom is -0.387 e. The van der Waals surface area contributed by atoms with Gasteiger partial charge < -0.3 is 15.0 Å². The van der Waals surface area contributed by atoms with Crippen molar-refractivity contribution < 1.29 is 5.11 Å². The highest BCUT2D eigenvalue weighted by molar-refractivity contribution is 5.86. The van der Waals surface area contributed by atoms with Gasteiger partial charge in [-0.15, -0.1) is 0 Å². The Morgan fingerprint density at radius 2 is 1.77 bits per heavy atom. The molecule has 0 radical (unpaired) electrons. The van der Waals surface area contributed by atoms with E-state index in [0.717, 1.165) is 22.5 Å². The number of aliphatic hydroxyl groups excluding tert-OH is 1. The Morgan fingerprint density at radius 1 is 1.00 bits per heavy atom. The van der Waals surface area contributed by atoms with Crippen molar-refractivity contribution in [2.24, 2.45) is 7.05 Å². The van der Waals surface area contributed by atoms with Crippen LogP contribution in [-0.2, 0) is 7.05 Å². The second-order valence-electron chi connectivity index (χ2n) is 6.24. The van der Waals surface area contributed by atoms with Crippen LogP contribution < -0.4 is 5.32 Å². The molecule has 2 N–H and O–H groups in total. The molecular formula is C21H20N4O. The molecule has 1 atom stereocenters. The Morgan fingerprint density at radius 3 is 2.58 bits per heavy atom. The van der Waals surface area contributed by atoms with Gasteiger partial charge in [0.1, 0.15) is 12.1 Å². The molecule has 2 aromatic carbocycles. The zero-order chi connectivity index (χ0) is 17.9. The van der Waals surface area contributed by atoms with Crippen LogP contribution in [0.4, 0.5) is 5.82 Å². The summed E-state index contributed by atoms with van der Waals surface area (Å²) in [5, 5.41) is 14.7. The summed E-state index contributed by atoms with van der Waals surface area (Å²) >= 11 is 0. The van der Waals surface area contributed by atoms with Crippen LogP contribution >= 0.6 is 0 Å². The van der Waals surface area contributed by atoms with Gasteiger partial charge in [0.25, 0.3) is 0 Å². The topological polar surface area (TPSA) is 63.0 Å². The fourth-order valence-electron chi connectivity index (χ4n) is 3.12. The number of para-hydroxylation sites is 1. The van der Waals surface area contributed by atoms with E-state index in [1.165, 1.54) is 5.39 Å². The Labute approximate surface area is 152 Å². The van der Waals surface area contributed by atoms with Gasteiger partial charge in [0.15, 0.2) is 0 Å². The van der Waals surface area contributed by atoms with Gasteiger partial charge in [0.2, 0.25) is 0 Å². The molecule has 4 aromatic rings. The number of aryl methyl sites for hydroxylation is 1. The minimum atomic E-state index is -0.591. The first-order chi connectivity index (χ1) is 12.7. The van der Waals surface area contributed by atoms with E-state index in [0.29, 0.717) is 12.4 Å². The molecule has 5 nitrogen and oxygen atoms in total. The van der Waals surface area contributed by atoms with Crippen molar-refractivity contribution in [1.29, 1.82) is 0 Å². The molecule has 5 heteroatoms. The summed E-state index contributed by atoms with van der Waals surface area (Å²) in [7, 11) is 2.03. The van der Waals surface area contributed by atoms with Crippen LogP contribution in [0.15, 0.2) is 73.1 Å². The summed E-state index contributed by atoms with van der Waals surface area (Å²) in [6.45, 7) is 0.385. The van der Waals surface area contributed by atoms with Gasteiger partial charge in [-0.05, 0) is 17.7 Å². The summed E-state index contributed by atoms with van der Waals surface area (Å²) in [5.41, 5.74) is 3.91. The number of nitrogens with zero attached hydrogens (tertiary/aromatic N) is 3. The first kappa shape index (κ1) is 16.3. The fourth-order valence-corrected chi connectivity index (χ4v) is 3.12. The summed E-state index contributed by atoms with van der Waals surface area (Å²) in [5.74, 6) is 0.690. The van der Waals surface area contributed by atoms with Gasteiger partial charge in [0, 0.05) is 30.6 Å². The van der Waals surface area contributed by atoms with E-state index in [1.807, 2.05) is 55.6 Å². The third-order valence-electron chi connectivity index (χ3n) is 4.54. The summed E-state index contributed by atoms with van der Waals surface area (Å²) in [4.78, 5) is 8.69. The Kier molecular flexibility index (Phi) is 4.37. The van der Waals surface area contributed by atoms with Gasteiger partial charge in [-0.3, -0.25) is 0 Å². The molecule has 4 rings (SSSR count). The second kappa shape index (κ2) is 6.98. The smallest absolute Gasteiger partial charge is 0.130 e. The third-order valence-corrected chi connectivity index (χ3v) is 4.54.